The summed E-state index contributed by atoms with van der Waals surface area (Å²) < 4.78 is 93.1. The molecule has 5 fully saturated rings. The summed E-state index contributed by atoms with van der Waals surface area (Å²) in [5.41, 5.74) is 0.737. The number of hydrogen-bond acceptors (Lipinski definition) is 11. The van der Waals surface area contributed by atoms with Crippen molar-refractivity contribution in [3.05, 3.63) is 79.8 Å². The Hall–Kier alpha value is -5.34. The number of fused-ring (bicyclic) bond motifs is 2. The van der Waals surface area contributed by atoms with Crippen molar-refractivity contribution in [3.8, 4) is 0 Å². The van der Waals surface area contributed by atoms with Gasteiger partial charge >= 0.3 is 11.9 Å². The Morgan fingerprint density at radius 3 is 2.29 bits per heavy atom. The zero-order valence-corrected chi connectivity index (χ0v) is 39.2. The standard InChI is InChI=1S/C47H52ClF4N9O6S/c1-26-21-30(7-8-33(26)54-44-53-25-28-22-32(48)43(64)60(41(28)56-44)29-5-3-4-6-29)68(66,67)31-23-46(24-31)15-19-59(20-16-46)40(47(50,51)52)27-13-17-58(18-14-27)34-9-10-35-39(38(34)49)57(2)45(65)61(35)36-11-12-37(62)55-42(36)63/h7-10,21-22,25,27,29,31,36,40H,3-6,11-20,23-24H2,1-2H3,(H,53,54,56)(H,55,62,63). The number of imidazole rings is 1. The predicted molar refractivity (Wildman–Crippen MR) is 248 cm³/mol. The van der Waals surface area contributed by atoms with Gasteiger partial charge in [0.2, 0.25) is 17.8 Å². The van der Waals surface area contributed by atoms with E-state index in [-0.39, 0.29) is 101 Å². The number of imide groups is 1. The molecule has 2 atom stereocenters. The first kappa shape index (κ1) is 46.4. The zero-order valence-electron chi connectivity index (χ0n) is 37.6. The van der Waals surface area contributed by atoms with E-state index < -0.39 is 62.6 Å². The first-order valence-corrected chi connectivity index (χ1v) is 25.2. The van der Waals surface area contributed by atoms with Gasteiger partial charge in [0.1, 0.15) is 28.3 Å². The summed E-state index contributed by atoms with van der Waals surface area (Å²) in [7, 11) is -2.36. The number of pyridine rings is 1. The summed E-state index contributed by atoms with van der Waals surface area (Å²) in [5.74, 6) is -2.30. The number of carbonyl (C=O) groups excluding carboxylic acids is 2. The van der Waals surface area contributed by atoms with Crippen LogP contribution < -0.4 is 26.8 Å². The summed E-state index contributed by atoms with van der Waals surface area (Å²) in [4.78, 5) is 63.2. The molecule has 10 rings (SSSR count). The van der Waals surface area contributed by atoms with E-state index in [1.165, 1.54) is 28.6 Å². The third-order valence-corrected chi connectivity index (χ3v) is 17.9. The van der Waals surface area contributed by atoms with Crippen molar-refractivity contribution in [2.75, 3.05) is 36.4 Å². The number of anilines is 3. The fourth-order valence-electron chi connectivity index (χ4n) is 11.8. The minimum Gasteiger partial charge on any atom is -0.369 e. The third-order valence-electron chi connectivity index (χ3n) is 15.6. The first-order chi connectivity index (χ1) is 32.3. The second-order valence-electron chi connectivity index (χ2n) is 19.5. The fraction of sp³-hybridized carbons (Fsp3) is 0.532. The van der Waals surface area contributed by atoms with Crippen LogP contribution in [0.15, 0.2) is 57.1 Å². The van der Waals surface area contributed by atoms with Crippen LogP contribution in [0.4, 0.5) is 34.9 Å². The van der Waals surface area contributed by atoms with Crippen molar-refractivity contribution in [1.82, 2.24) is 33.9 Å². The highest BCUT2D eigenvalue weighted by Gasteiger charge is 2.55. The van der Waals surface area contributed by atoms with E-state index in [2.05, 4.69) is 20.6 Å². The van der Waals surface area contributed by atoms with Gasteiger partial charge in [-0.05, 0) is 131 Å². The minimum atomic E-state index is -4.52. The van der Waals surface area contributed by atoms with Crippen LogP contribution in [0.25, 0.3) is 22.1 Å². The fourth-order valence-corrected chi connectivity index (χ4v) is 14.2. The molecule has 2 saturated carbocycles. The predicted octanol–water partition coefficient (Wildman–Crippen LogP) is 7.25. The van der Waals surface area contributed by atoms with E-state index in [0.29, 0.717) is 48.0 Å². The number of nitrogens with zero attached hydrogens (tertiary/aromatic N) is 7. The van der Waals surface area contributed by atoms with E-state index in [1.807, 2.05) is 0 Å². The van der Waals surface area contributed by atoms with Gasteiger partial charge in [-0.1, -0.05) is 24.4 Å². The molecule has 2 aromatic carbocycles. The molecule has 1 spiro atoms. The molecule has 2 unspecified atom stereocenters. The normalized spacial score (nSPS) is 21.8. The quantitative estimate of drug-likeness (QED) is 0.113. The summed E-state index contributed by atoms with van der Waals surface area (Å²) in [6.07, 6.45) is 2.86. The topological polar surface area (TPSA) is 174 Å². The number of nitrogens with one attached hydrogen (secondary N) is 2. The zero-order chi connectivity index (χ0) is 48.0. The maximum Gasteiger partial charge on any atom is 0.404 e. The number of amides is 2. The maximum atomic E-state index is 16.3. The van der Waals surface area contributed by atoms with Crippen LogP contribution in [0, 0.1) is 24.1 Å². The summed E-state index contributed by atoms with van der Waals surface area (Å²) >= 11 is 6.29. The molecule has 6 heterocycles. The van der Waals surface area contributed by atoms with Crippen LogP contribution in [0.3, 0.4) is 0 Å². The lowest BCUT2D eigenvalue weighted by atomic mass is 9.62. The lowest BCUT2D eigenvalue weighted by molar-refractivity contribution is -0.206. The molecule has 0 radical (unpaired) electrons. The molecule has 2 amide bonds. The van der Waals surface area contributed by atoms with Crippen molar-refractivity contribution < 1.29 is 35.6 Å². The van der Waals surface area contributed by atoms with Gasteiger partial charge in [-0.2, -0.15) is 18.2 Å². The van der Waals surface area contributed by atoms with Gasteiger partial charge in [-0.3, -0.25) is 38.3 Å². The number of piperidine rings is 3. The van der Waals surface area contributed by atoms with Gasteiger partial charge in [-0.15, -0.1) is 0 Å². The second kappa shape index (κ2) is 17.3. The van der Waals surface area contributed by atoms with Crippen LogP contribution in [0.1, 0.15) is 94.7 Å². The number of hydrogen-bond donors (Lipinski definition) is 2. The monoisotopic (exact) mass is 981 g/mol. The molecule has 2 aliphatic carbocycles. The molecule has 362 valence electrons. The molecule has 5 aliphatic rings. The number of aromatic nitrogens is 5. The van der Waals surface area contributed by atoms with Crippen molar-refractivity contribution in [3.63, 3.8) is 0 Å². The molecule has 68 heavy (non-hydrogen) atoms. The maximum absolute atomic E-state index is 16.3. The molecule has 21 heteroatoms. The number of rotatable bonds is 9. The van der Waals surface area contributed by atoms with E-state index >= 15 is 4.39 Å². The molecular formula is C47H52ClF4N9O6S. The van der Waals surface area contributed by atoms with Crippen LogP contribution in [-0.4, -0.2) is 92.4 Å². The van der Waals surface area contributed by atoms with E-state index in [0.717, 1.165) is 30.3 Å². The SMILES string of the molecule is Cc1cc(S(=O)(=O)C2CC3(CCN(C(C4CCN(c5ccc6c(c5F)n(C)c(=O)n6C5CCC(=O)NC5=O)CC4)C(F)(F)F)CC3)C2)ccc1Nc1ncc2cc(Cl)c(=O)n(C3CCCC3)c2n1. The number of halogens is 5. The molecule has 5 aromatic rings. The van der Waals surface area contributed by atoms with Gasteiger partial charge < -0.3 is 10.2 Å². The number of alkyl halides is 3. The first-order valence-electron chi connectivity index (χ1n) is 23.3. The Kier molecular flexibility index (Phi) is 11.8. The number of likely N-dealkylation sites (tertiary alicyclic amines) is 1. The van der Waals surface area contributed by atoms with Crippen LogP contribution >= 0.6 is 11.6 Å². The molecule has 2 N–H and O–H groups in total. The highest BCUT2D eigenvalue weighted by Crippen LogP contribution is 2.54. The molecule has 3 aromatic heterocycles. The van der Waals surface area contributed by atoms with E-state index in [9.17, 15) is 40.8 Å². The van der Waals surface area contributed by atoms with Gasteiger partial charge in [0.25, 0.3) is 5.56 Å². The van der Waals surface area contributed by atoms with E-state index in [1.54, 1.807) is 46.9 Å². The van der Waals surface area contributed by atoms with Crippen LogP contribution in [-0.2, 0) is 26.5 Å². The lowest BCUT2D eigenvalue weighted by Gasteiger charge is -2.53. The average Bonchev–Trinajstić information content (AvgIpc) is 3.90. The van der Waals surface area contributed by atoms with Crippen molar-refractivity contribution in [2.45, 2.75) is 118 Å². The lowest BCUT2D eigenvalue weighted by Crippen LogP contribution is -2.58. The Bertz CT molecular complexity index is 3090. The second-order valence-corrected chi connectivity index (χ2v) is 22.2. The largest absolute Gasteiger partial charge is 0.404 e. The van der Waals surface area contributed by atoms with Gasteiger partial charge in [0.05, 0.1) is 21.3 Å². The summed E-state index contributed by atoms with van der Waals surface area (Å²) in [6, 6.07) is 6.70. The highest BCUT2D eigenvalue weighted by atomic mass is 35.5. The van der Waals surface area contributed by atoms with Gasteiger partial charge in [0, 0.05) is 49.9 Å². The van der Waals surface area contributed by atoms with Crippen molar-refractivity contribution in [2.24, 2.45) is 18.4 Å². The Morgan fingerprint density at radius 2 is 1.63 bits per heavy atom. The molecule has 0 bridgehead atoms. The van der Waals surface area contributed by atoms with E-state index in [4.69, 9.17) is 11.6 Å². The smallest absolute Gasteiger partial charge is 0.369 e. The number of benzene rings is 2. The Balaban J connectivity index is 0.768. The van der Waals surface area contributed by atoms with Crippen LogP contribution in [0.5, 0.6) is 0 Å². The van der Waals surface area contributed by atoms with Crippen LogP contribution in [0.2, 0.25) is 5.02 Å². The minimum absolute atomic E-state index is 0.00922. The number of sulfone groups is 1. The molecular weight excluding hydrogens is 930 g/mol. The summed E-state index contributed by atoms with van der Waals surface area (Å²) in [5, 5.41) is 5.50. The summed E-state index contributed by atoms with van der Waals surface area (Å²) in [6.45, 7) is 2.46. The van der Waals surface area contributed by atoms with Gasteiger partial charge in [0.15, 0.2) is 15.7 Å². The Morgan fingerprint density at radius 1 is 0.926 bits per heavy atom. The number of carbonyl (C=O) groups is 2. The number of aryl methyl sites for hydroxylation is 2. The van der Waals surface area contributed by atoms with Gasteiger partial charge in [-0.25, -0.2) is 22.6 Å². The Labute approximate surface area is 393 Å². The molecule has 15 nitrogen and oxygen atoms in total. The molecule has 3 saturated heterocycles. The van der Waals surface area contributed by atoms with Crippen molar-refractivity contribution >= 4 is 72.6 Å². The highest BCUT2D eigenvalue weighted by molar-refractivity contribution is 7.92. The molecule has 3 aliphatic heterocycles. The van der Waals surface area contributed by atoms with Crippen molar-refractivity contribution in [1.29, 1.82) is 0 Å². The third kappa shape index (κ3) is 8.06. The average molecular weight is 983 g/mol.